The summed E-state index contributed by atoms with van der Waals surface area (Å²) in [6.07, 6.45) is 0.0707. The van der Waals surface area contributed by atoms with Crippen molar-refractivity contribution in [2.24, 2.45) is 4.99 Å². The molecular weight excluding hydrogens is 398 g/mol. The van der Waals surface area contributed by atoms with E-state index in [1.807, 2.05) is 32.9 Å². The first-order valence-electron chi connectivity index (χ1n) is 8.89. The molecule has 0 atom stereocenters. The van der Waals surface area contributed by atoms with E-state index in [1.165, 1.54) is 11.7 Å². The second kappa shape index (κ2) is 8.24. The summed E-state index contributed by atoms with van der Waals surface area (Å²) >= 11 is 0.942. The molecule has 1 heterocycles. The smallest absolute Gasteiger partial charge is 0.325 e. The first-order chi connectivity index (χ1) is 13.7. The number of rotatable bonds is 4. The summed E-state index contributed by atoms with van der Waals surface area (Å²) in [4.78, 5) is 28.7. The quantitative estimate of drug-likeness (QED) is 0.607. The fourth-order valence-corrected chi connectivity index (χ4v) is 4.43. The molecule has 8 heteroatoms. The Hall–Kier alpha value is -2.87. The van der Waals surface area contributed by atoms with Crippen molar-refractivity contribution in [2.45, 2.75) is 33.7 Å². The molecule has 0 N–H and O–H groups in total. The minimum atomic E-state index is -0.834. The highest BCUT2D eigenvalue weighted by atomic mass is 32.1. The molecule has 2 aromatic carbocycles. The normalized spacial score (nSPS) is 11.9. The van der Waals surface area contributed by atoms with Crippen LogP contribution in [0.2, 0.25) is 0 Å². The van der Waals surface area contributed by atoms with Crippen molar-refractivity contribution in [2.75, 3.05) is 7.11 Å². The lowest BCUT2D eigenvalue weighted by atomic mass is 9.97. The molecule has 0 aliphatic carbocycles. The molecule has 0 spiro atoms. The summed E-state index contributed by atoms with van der Waals surface area (Å²) in [5, 5.41) is 0. The summed E-state index contributed by atoms with van der Waals surface area (Å²) < 4.78 is 34.1. The summed E-state index contributed by atoms with van der Waals surface area (Å²) in [5.74, 6) is -2.65. The Morgan fingerprint density at radius 1 is 1.10 bits per heavy atom. The van der Waals surface area contributed by atoms with Gasteiger partial charge in [0.05, 0.1) is 23.7 Å². The van der Waals surface area contributed by atoms with Gasteiger partial charge in [0.1, 0.15) is 12.4 Å². The monoisotopic (exact) mass is 418 g/mol. The number of ether oxygens (including phenoxy) is 1. The van der Waals surface area contributed by atoms with E-state index in [-0.39, 0.29) is 28.0 Å². The Bertz CT molecular complexity index is 1170. The van der Waals surface area contributed by atoms with Gasteiger partial charge < -0.3 is 9.30 Å². The molecule has 0 aliphatic rings. The number of fused-ring (bicyclic) bond motifs is 1. The second-order valence-corrected chi connectivity index (χ2v) is 7.85. The number of methoxy groups -OCH3 is 1. The molecule has 0 aliphatic heterocycles. The largest absolute Gasteiger partial charge is 0.468 e. The number of nitrogens with zero attached hydrogens (tertiary/aromatic N) is 2. The van der Waals surface area contributed by atoms with Crippen molar-refractivity contribution in [1.82, 2.24) is 4.57 Å². The zero-order chi connectivity index (χ0) is 21.3. The second-order valence-electron chi connectivity index (χ2n) is 6.84. The number of hydrogen-bond donors (Lipinski definition) is 0. The van der Waals surface area contributed by atoms with Crippen LogP contribution in [0, 0.1) is 32.4 Å². The number of esters is 1. The van der Waals surface area contributed by atoms with Crippen molar-refractivity contribution in [3.8, 4) is 0 Å². The van der Waals surface area contributed by atoms with E-state index < -0.39 is 23.5 Å². The maximum Gasteiger partial charge on any atom is 0.325 e. The Morgan fingerprint density at radius 2 is 1.76 bits per heavy atom. The molecular formula is C21H20F2N2O3S. The number of carbonyl (C=O) groups is 2. The molecule has 5 nitrogen and oxygen atoms in total. The molecule has 0 saturated heterocycles. The average Bonchev–Trinajstić information content (AvgIpc) is 2.94. The van der Waals surface area contributed by atoms with E-state index in [0.29, 0.717) is 0 Å². The van der Waals surface area contributed by atoms with Crippen LogP contribution in [-0.2, 0) is 27.3 Å². The average molecular weight is 418 g/mol. The highest BCUT2D eigenvalue weighted by Crippen LogP contribution is 2.23. The molecule has 0 saturated carbocycles. The molecule has 152 valence electrons. The summed E-state index contributed by atoms with van der Waals surface area (Å²) in [6.45, 7) is 5.50. The van der Waals surface area contributed by atoms with E-state index >= 15 is 0 Å². The van der Waals surface area contributed by atoms with Gasteiger partial charge in [0, 0.05) is 6.07 Å². The molecule has 3 rings (SSSR count). The highest BCUT2D eigenvalue weighted by molar-refractivity contribution is 7.16. The van der Waals surface area contributed by atoms with Gasteiger partial charge in [0.25, 0.3) is 5.91 Å². The lowest BCUT2D eigenvalue weighted by Gasteiger charge is -2.09. The molecule has 0 bridgehead atoms. The lowest BCUT2D eigenvalue weighted by Crippen LogP contribution is -2.23. The third kappa shape index (κ3) is 4.42. The van der Waals surface area contributed by atoms with Crippen LogP contribution in [0.3, 0.4) is 0 Å². The maximum atomic E-state index is 14.4. The topological polar surface area (TPSA) is 60.7 Å². The molecule has 1 aromatic heterocycles. The standard InChI is InChI=1S/C21H20F2N2O3S/c1-11-5-12(2)15(13(3)6-11)9-18(26)24-21-25(10-19(27)28-4)20-16(23)7-14(22)8-17(20)29-21/h5-8H,9-10H2,1-4H3. The van der Waals surface area contributed by atoms with Gasteiger partial charge in [-0.2, -0.15) is 4.99 Å². The van der Waals surface area contributed by atoms with E-state index in [2.05, 4.69) is 9.73 Å². The molecule has 0 fully saturated rings. The van der Waals surface area contributed by atoms with Crippen LogP contribution < -0.4 is 4.80 Å². The van der Waals surface area contributed by atoms with Gasteiger partial charge in [-0.05, 0) is 43.5 Å². The van der Waals surface area contributed by atoms with E-state index in [4.69, 9.17) is 0 Å². The fraction of sp³-hybridized carbons (Fsp3) is 0.286. The zero-order valence-corrected chi connectivity index (χ0v) is 17.3. The van der Waals surface area contributed by atoms with Gasteiger partial charge in [-0.3, -0.25) is 9.59 Å². The number of aromatic nitrogens is 1. The number of thiazole rings is 1. The van der Waals surface area contributed by atoms with Crippen LogP contribution in [-0.4, -0.2) is 23.6 Å². The number of hydrogen-bond acceptors (Lipinski definition) is 4. The van der Waals surface area contributed by atoms with Crippen LogP contribution in [0.5, 0.6) is 0 Å². The van der Waals surface area contributed by atoms with Gasteiger partial charge >= 0.3 is 5.97 Å². The van der Waals surface area contributed by atoms with Gasteiger partial charge in [0.2, 0.25) is 0 Å². The van der Waals surface area contributed by atoms with E-state index in [0.717, 1.165) is 45.7 Å². The van der Waals surface area contributed by atoms with Gasteiger partial charge in [-0.15, -0.1) is 0 Å². The SMILES string of the molecule is COC(=O)Cn1c(=NC(=O)Cc2c(C)cc(C)cc2C)sc2cc(F)cc(F)c21. The maximum absolute atomic E-state index is 14.4. The fourth-order valence-electron chi connectivity index (χ4n) is 3.34. The van der Waals surface area contributed by atoms with Crippen molar-refractivity contribution >= 4 is 33.4 Å². The van der Waals surface area contributed by atoms with Crippen molar-refractivity contribution < 1.29 is 23.1 Å². The third-order valence-corrected chi connectivity index (χ3v) is 5.62. The van der Waals surface area contributed by atoms with Gasteiger partial charge in [-0.1, -0.05) is 29.0 Å². The third-order valence-electron chi connectivity index (χ3n) is 4.60. The van der Waals surface area contributed by atoms with Crippen LogP contribution in [0.15, 0.2) is 29.3 Å². The number of aryl methyl sites for hydroxylation is 3. The summed E-state index contributed by atoms with van der Waals surface area (Å²) in [7, 11) is 1.21. The van der Waals surface area contributed by atoms with Crippen LogP contribution >= 0.6 is 11.3 Å². The lowest BCUT2D eigenvalue weighted by molar-refractivity contribution is -0.141. The van der Waals surface area contributed by atoms with Crippen molar-refractivity contribution in [1.29, 1.82) is 0 Å². The molecule has 3 aromatic rings. The Balaban J connectivity index is 2.09. The zero-order valence-electron chi connectivity index (χ0n) is 16.5. The Kier molecular flexibility index (Phi) is 5.93. The summed E-state index contributed by atoms with van der Waals surface area (Å²) in [5.41, 5.74) is 3.96. The number of benzene rings is 2. The van der Waals surface area contributed by atoms with Crippen molar-refractivity contribution in [3.63, 3.8) is 0 Å². The van der Waals surface area contributed by atoms with Crippen LogP contribution in [0.25, 0.3) is 10.2 Å². The molecule has 0 radical (unpaired) electrons. The molecule has 1 amide bonds. The Morgan fingerprint density at radius 3 is 2.38 bits per heavy atom. The van der Waals surface area contributed by atoms with E-state index in [1.54, 1.807) is 0 Å². The van der Waals surface area contributed by atoms with Crippen molar-refractivity contribution in [3.05, 3.63) is 63.0 Å². The number of amides is 1. The Labute approximate surface area is 170 Å². The minimum absolute atomic E-state index is 0.0102. The van der Waals surface area contributed by atoms with Crippen LogP contribution in [0.4, 0.5) is 8.78 Å². The predicted octanol–water partition coefficient (Wildman–Crippen LogP) is 3.75. The molecule has 0 unspecified atom stereocenters. The first-order valence-corrected chi connectivity index (χ1v) is 9.70. The predicted molar refractivity (Wildman–Crippen MR) is 107 cm³/mol. The minimum Gasteiger partial charge on any atom is -0.468 e. The highest BCUT2D eigenvalue weighted by Gasteiger charge is 2.17. The van der Waals surface area contributed by atoms with Gasteiger partial charge in [0.15, 0.2) is 10.6 Å². The first kappa shape index (κ1) is 20.9. The molecule has 29 heavy (non-hydrogen) atoms. The van der Waals surface area contributed by atoms with E-state index in [9.17, 15) is 18.4 Å². The van der Waals surface area contributed by atoms with Gasteiger partial charge in [-0.25, -0.2) is 8.78 Å². The summed E-state index contributed by atoms with van der Waals surface area (Å²) in [6, 6.07) is 5.86. The van der Waals surface area contributed by atoms with Crippen LogP contribution in [0.1, 0.15) is 22.3 Å². The number of halogens is 2. The number of carbonyl (C=O) groups excluding carboxylic acids is 2.